The molecule has 0 radical (unpaired) electrons. The first kappa shape index (κ1) is 15.0. The number of carboxylic acids is 1. The number of aliphatic carboxylic acids is 1. The molecular weight excluding hydrogens is 328 g/mol. The molecule has 0 aliphatic heterocycles. The van der Waals surface area contributed by atoms with Gasteiger partial charge in [-0.25, -0.2) is 4.79 Å². The minimum Gasteiger partial charge on any atom is -0.481 e. The van der Waals surface area contributed by atoms with E-state index in [1.54, 1.807) is 24.3 Å². The first-order valence-corrected chi connectivity index (χ1v) is 7.70. The summed E-state index contributed by atoms with van der Waals surface area (Å²) in [6.45, 7) is 0. The second-order valence-corrected chi connectivity index (χ2v) is 6.54. The average Bonchev–Trinajstić information content (AvgIpc) is 2.87. The lowest BCUT2D eigenvalue weighted by Gasteiger charge is -2.12. The van der Waals surface area contributed by atoms with Gasteiger partial charge in [-0.05, 0) is 24.3 Å². The predicted octanol–water partition coefficient (Wildman–Crippen LogP) is 0.538. The Balaban J connectivity index is 2.10. The molecule has 2 atom stereocenters. The lowest BCUT2D eigenvalue weighted by atomic mass is 10.1. The molecule has 7 heteroatoms. The average molecular weight is 339 g/mol. The summed E-state index contributed by atoms with van der Waals surface area (Å²) in [5, 5.41) is 18.5. The number of alkyl halides is 1. The van der Waals surface area contributed by atoms with Gasteiger partial charge in [0.05, 0.1) is 23.5 Å². The molecule has 5 nitrogen and oxygen atoms in total. The number of aliphatic hydroxyl groups excluding tert-OH is 1. The van der Waals surface area contributed by atoms with Crippen LogP contribution in [0.3, 0.4) is 0 Å². The van der Waals surface area contributed by atoms with Crippen LogP contribution in [0.1, 0.15) is 4.88 Å². The quantitative estimate of drug-likeness (QED) is 0.797. The fourth-order valence-corrected chi connectivity index (χ4v) is 3.43. The van der Waals surface area contributed by atoms with E-state index in [2.05, 4.69) is 0 Å². The third kappa shape index (κ3) is 2.85. The van der Waals surface area contributed by atoms with Gasteiger partial charge in [0.25, 0.3) is 0 Å². The van der Waals surface area contributed by atoms with Gasteiger partial charge >= 0.3 is 11.6 Å². The zero-order valence-electron chi connectivity index (χ0n) is 11.2. The van der Waals surface area contributed by atoms with E-state index in [1.807, 2.05) is 0 Å². The maximum Gasteiger partial charge on any atom is 0.345 e. The van der Waals surface area contributed by atoms with Gasteiger partial charge in [-0.3, -0.25) is 4.79 Å². The molecule has 0 saturated heterocycles. The Morgan fingerprint density at radius 1 is 1.36 bits per heavy atom. The number of hydrogen-bond donors (Lipinski definition) is 2. The predicted molar refractivity (Wildman–Crippen MR) is 83.5 cm³/mol. The maximum absolute atomic E-state index is 12.1. The molecule has 2 N–H and O–H groups in total. The summed E-state index contributed by atoms with van der Waals surface area (Å²) >= 11 is 7.21. The SMILES string of the molecule is O=C(O)Cc1ccc(-c2cc3c(oc2=O)=CC(O)C(Cl)C=3)s1. The number of hydrogen-bond acceptors (Lipinski definition) is 5. The van der Waals surface area contributed by atoms with Gasteiger partial charge in [-0.1, -0.05) is 6.08 Å². The van der Waals surface area contributed by atoms with E-state index in [0.717, 1.165) is 0 Å². The Labute approximate surface area is 133 Å². The van der Waals surface area contributed by atoms with Gasteiger partial charge in [0.15, 0.2) is 0 Å². The van der Waals surface area contributed by atoms with E-state index in [0.29, 0.717) is 26.0 Å². The zero-order valence-corrected chi connectivity index (χ0v) is 12.7. The van der Waals surface area contributed by atoms with E-state index in [9.17, 15) is 14.7 Å². The van der Waals surface area contributed by atoms with Crippen LogP contribution in [0.2, 0.25) is 0 Å². The highest BCUT2D eigenvalue weighted by Gasteiger charge is 2.17. The molecule has 1 aliphatic rings. The van der Waals surface area contributed by atoms with E-state index in [1.165, 1.54) is 17.4 Å². The Bertz CT molecular complexity index is 911. The van der Waals surface area contributed by atoms with Gasteiger partial charge in [0.2, 0.25) is 0 Å². The Morgan fingerprint density at radius 2 is 2.14 bits per heavy atom. The van der Waals surface area contributed by atoms with Gasteiger partial charge in [-0.2, -0.15) is 0 Å². The highest BCUT2D eigenvalue weighted by atomic mass is 35.5. The second-order valence-electron chi connectivity index (χ2n) is 4.87. The molecule has 2 heterocycles. The van der Waals surface area contributed by atoms with Crippen molar-refractivity contribution in [2.24, 2.45) is 0 Å². The lowest BCUT2D eigenvalue weighted by Crippen LogP contribution is -2.38. The van der Waals surface area contributed by atoms with Crippen LogP contribution in [0, 0.1) is 0 Å². The summed E-state index contributed by atoms with van der Waals surface area (Å²) in [5.74, 6) is -0.923. The molecule has 0 amide bonds. The number of carboxylic acid groups (broad SMARTS) is 1. The zero-order chi connectivity index (χ0) is 15.9. The van der Waals surface area contributed by atoms with Gasteiger partial charge in [-0.15, -0.1) is 22.9 Å². The van der Waals surface area contributed by atoms with Gasteiger partial charge in [0, 0.05) is 15.0 Å². The monoisotopic (exact) mass is 338 g/mol. The summed E-state index contributed by atoms with van der Waals surface area (Å²) in [5.41, 5.74) is 0.109. The molecule has 0 spiro atoms. The molecule has 0 bridgehead atoms. The number of thiophene rings is 1. The summed E-state index contributed by atoms with van der Waals surface area (Å²) in [6, 6.07) is 5.02. The fourth-order valence-electron chi connectivity index (χ4n) is 2.22. The van der Waals surface area contributed by atoms with E-state index >= 15 is 0 Å². The number of carbonyl (C=O) groups is 1. The molecule has 0 fully saturated rings. The van der Waals surface area contributed by atoms with Crippen molar-refractivity contribution < 1.29 is 19.4 Å². The highest BCUT2D eigenvalue weighted by molar-refractivity contribution is 7.15. The molecule has 2 aromatic heterocycles. The molecule has 22 heavy (non-hydrogen) atoms. The molecule has 0 saturated carbocycles. The largest absolute Gasteiger partial charge is 0.481 e. The lowest BCUT2D eigenvalue weighted by molar-refractivity contribution is -0.136. The first-order chi connectivity index (χ1) is 10.4. The Kier molecular flexibility index (Phi) is 3.90. The van der Waals surface area contributed by atoms with E-state index in [-0.39, 0.29) is 6.42 Å². The normalized spacial score (nSPS) is 19.9. The first-order valence-electron chi connectivity index (χ1n) is 6.45. The number of halogens is 1. The van der Waals surface area contributed by atoms with Crippen molar-refractivity contribution in [1.82, 2.24) is 0 Å². The second kappa shape index (κ2) is 5.72. The Morgan fingerprint density at radius 3 is 2.86 bits per heavy atom. The number of rotatable bonds is 3. The maximum atomic E-state index is 12.1. The molecule has 2 unspecified atom stereocenters. The van der Waals surface area contributed by atoms with Crippen molar-refractivity contribution in [1.29, 1.82) is 0 Å². The van der Waals surface area contributed by atoms with Crippen molar-refractivity contribution in [2.45, 2.75) is 17.9 Å². The summed E-state index contributed by atoms with van der Waals surface area (Å²) in [6.07, 6.45) is 2.05. The summed E-state index contributed by atoms with van der Waals surface area (Å²) < 4.78 is 5.22. The van der Waals surface area contributed by atoms with Crippen LogP contribution < -0.4 is 16.3 Å². The van der Waals surface area contributed by atoms with Crippen LogP contribution in [0.4, 0.5) is 0 Å². The topological polar surface area (TPSA) is 87.7 Å². The Hall–Kier alpha value is -1.89. The minimum atomic E-state index is -0.923. The van der Waals surface area contributed by atoms with Crippen molar-refractivity contribution in [3.8, 4) is 10.4 Å². The van der Waals surface area contributed by atoms with Crippen molar-refractivity contribution >= 4 is 41.1 Å². The third-order valence-corrected chi connectivity index (χ3v) is 4.75. The summed E-state index contributed by atoms with van der Waals surface area (Å²) in [7, 11) is 0. The fraction of sp³-hybridized carbons (Fsp3) is 0.200. The van der Waals surface area contributed by atoms with Crippen LogP contribution in [0.25, 0.3) is 22.6 Å². The van der Waals surface area contributed by atoms with Gasteiger partial charge in [0.1, 0.15) is 5.42 Å². The minimum absolute atomic E-state index is 0.0865. The van der Waals surface area contributed by atoms with Crippen molar-refractivity contribution in [2.75, 3.05) is 0 Å². The van der Waals surface area contributed by atoms with E-state index in [4.69, 9.17) is 21.1 Å². The standard InChI is InChI=1S/C15H11ClO5S/c16-10-4-7-3-9(15(20)21-12(7)6-11(10)17)13-2-1-8(22-13)5-14(18)19/h1-4,6,10-11,17H,5H2,(H,18,19). The van der Waals surface area contributed by atoms with Crippen LogP contribution in [-0.2, 0) is 11.2 Å². The number of aliphatic hydroxyl groups is 1. The third-order valence-electron chi connectivity index (χ3n) is 3.25. The molecule has 0 aromatic carbocycles. The van der Waals surface area contributed by atoms with Crippen molar-refractivity contribution in [3.05, 3.63) is 44.1 Å². The molecular formula is C15H11ClO5S. The summed E-state index contributed by atoms with van der Waals surface area (Å²) in [4.78, 5) is 24.1. The molecule has 3 rings (SSSR count). The molecule has 114 valence electrons. The van der Waals surface area contributed by atoms with Crippen LogP contribution >= 0.6 is 22.9 Å². The van der Waals surface area contributed by atoms with Crippen LogP contribution in [0.15, 0.2) is 27.4 Å². The van der Waals surface area contributed by atoms with Crippen LogP contribution in [-0.4, -0.2) is 27.7 Å². The highest BCUT2D eigenvalue weighted by Crippen LogP contribution is 2.25. The smallest absolute Gasteiger partial charge is 0.345 e. The van der Waals surface area contributed by atoms with Gasteiger partial charge < -0.3 is 14.6 Å². The molecule has 2 aromatic rings. The number of fused-ring (bicyclic) bond motifs is 1. The van der Waals surface area contributed by atoms with Crippen molar-refractivity contribution in [3.63, 3.8) is 0 Å². The van der Waals surface area contributed by atoms with E-state index < -0.39 is 23.1 Å². The van der Waals surface area contributed by atoms with Crippen LogP contribution in [0.5, 0.6) is 0 Å². The molecule has 1 aliphatic carbocycles.